The molecule has 0 aliphatic heterocycles. The van der Waals surface area contributed by atoms with Gasteiger partial charge in [-0.2, -0.15) is 0 Å². The molecule has 2 heterocycles. The number of thiophene rings is 1. The normalized spacial score (nSPS) is 17.0. The maximum atomic E-state index is 13.1. The summed E-state index contributed by atoms with van der Waals surface area (Å²) in [5.74, 6) is 0.246. The largest absolute Gasteiger partial charge is 0.339 e. The molecule has 2 aromatic rings. The van der Waals surface area contributed by atoms with E-state index in [9.17, 15) is 4.79 Å². The van der Waals surface area contributed by atoms with E-state index in [2.05, 4.69) is 35.6 Å². The van der Waals surface area contributed by atoms with Gasteiger partial charge in [0.25, 0.3) is 0 Å². The van der Waals surface area contributed by atoms with Gasteiger partial charge in [-0.1, -0.05) is 31.0 Å². The van der Waals surface area contributed by atoms with Gasteiger partial charge in [0.15, 0.2) is 0 Å². The zero-order valence-electron chi connectivity index (χ0n) is 15.5. The van der Waals surface area contributed by atoms with E-state index >= 15 is 0 Å². The van der Waals surface area contributed by atoms with E-state index in [1.807, 2.05) is 6.92 Å². The number of hydrogen-bond acceptors (Lipinski definition) is 5. The zero-order chi connectivity index (χ0) is 18.0. The van der Waals surface area contributed by atoms with Crippen LogP contribution in [0, 0.1) is 13.8 Å². The Morgan fingerprint density at radius 2 is 2.04 bits per heavy atom. The van der Waals surface area contributed by atoms with E-state index in [0.29, 0.717) is 6.04 Å². The van der Waals surface area contributed by atoms with E-state index < -0.39 is 0 Å². The molecule has 3 rings (SSSR count). The van der Waals surface area contributed by atoms with Crippen LogP contribution in [0.25, 0.3) is 10.2 Å². The van der Waals surface area contributed by atoms with Crippen LogP contribution in [0.15, 0.2) is 11.4 Å². The molecule has 0 spiro atoms. The molecule has 136 valence electrons. The van der Waals surface area contributed by atoms with Crippen LogP contribution in [0.3, 0.4) is 0 Å². The van der Waals surface area contributed by atoms with Crippen molar-refractivity contribution in [2.45, 2.75) is 76.1 Å². The van der Waals surface area contributed by atoms with Gasteiger partial charge in [0, 0.05) is 22.8 Å². The van der Waals surface area contributed by atoms with Gasteiger partial charge in [-0.05, 0) is 46.1 Å². The molecule has 4 nitrogen and oxygen atoms in total. The van der Waals surface area contributed by atoms with Gasteiger partial charge in [-0.15, -0.1) is 11.3 Å². The average Bonchev–Trinajstić information content (AvgIpc) is 2.91. The predicted molar refractivity (Wildman–Crippen MR) is 106 cm³/mol. The minimum Gasteiger partial charge on any atom is -0.339 e. The topological polar surface area (TPSA) is 46.1 Å². The van der Waals surface area contributed by atoms with Crippen molar-refractivity contribution in [3.05, 3.63) is 16.8 Å². The van der Waals surface area contributed by atoms with Gasteiger partial charge in [0.2, 0.25) is 5.91 Å². The summed E-state index contributed by atoms with van der Waals surface area (Å²) >= 11 is 3.28. The molecule has 1 atom stereocenters. The SMILES string of the molecule is CCN(C(=O)[C@H](C)Sc1ncnc2sc(C)c(C)c12)C1CCCCC1. The van der Waals surface area contributed by atoms with Crippen molar-refractivity contribution in [3.8, 4) is 0 Å². The second-order valence-corrected chi connectivity index (χ2v) is 9.35. The van der Waals surface area contributed by atoms with Crippen LogP contribution in [-0.4, -0.2) is 38.6 Å². The molecule has 0 aromatic carbocycles. The Morgan fingerprint density at radius 1 is 1.32 bits per heavy atom. The highest BCUT2D eigenvalue weighted by atomic mass is 32.2. The molecule has 2 aromatic heterocycles. The molecule has 1 saturated carbocycles. The third-order valence-electron chi connectivity index (χ3n) is 5.21. The van der Waals surface area contributed by atoms with Crippen molar-refractivity contribution in [2.24, 2.45) is 0 Å². The van der Waals surface area contributed by atoms with Gasteiger partial charge >= 0.3 is 0 Å². The highest BCUT2D eigenvalue weighted by Crippen LogP contribution is 2.36. The van der Waals surface area contributed by atoms with Crippen LogP contribution in [0.5, 0.6) is 0 Å². The van der Waals surface area contributed by atoms with Gasteiger partial charge < -0.3 is 4.90 Å². The first-order chi connectivity index (χ1) is 12.0. The molecule has 1 fully saturated rings. The quantitative estimate of drug-likeness (QED) is 0.545. The maximum absolute atomic E-state index is 13.1. The van der Waals surface area contributed by atoms with E-state index in [4.69, 9.17) is 0 Å². The smallest absolute Gasteiger partial charge is 0.236 e. The summed E-state index contributed by atoms with van der Waals surface area (Å²) < 4.78 is 0. The van der Waals surface area contributed by atoms with Crippen LogP contribution >= 0.6 is 23.1 Å². The van der Waals surface area contributed by atoms with Crippen LogP contribution in [0.1, 0.15) is 56.4 Å². The Bertz CT molecular complexity index is 752. The van der Waals surface area contributed by atoms with E-state index in [1.54, 1.807) is 29.4 Å². The molecule has 0 N–H and O–H groups in total. The molecular formula is C19H27N3OS2. The zero-order valence-corrected chi connectivity index (χ0v) is 17.2. The number of hydrogen-bond donors (Lipinski definition) is 0. The predicted octanol–water partition coefficient (Wildman–Crippen LogP) is 4.97. The third kappa shape index (κ3) is 3.85. The second kappa shape index (κ2) is 8.04. The molecule has 6 heteroatoms. The van der Waals surface area contributed by atoms with Crippen molar-refractivity contribution < 1.29 is 4.79 Å². The average molecular weight is 378 g/mol. The minimum absolute atomic E-state index is 0.125. The second-order valence-electron chi connectivity index (χ2n) is 6.82. The number of aromatic nitrogens is 2. The number of aryl methyl sites for hydroxylation is 2. The number of nitrogens with zero attached hydrogens (tertiary/aromatic N) is 3. The Balaban J connectivity index is 1.79. The maximum Gasteiger partial charge on any atom is 0.236 e. The summed E-state index contributed by atoms with van der Waals surface area (Å²) in [6.07, 6.45) is 7.72. The van der Waals surface area contributed by atoms with Gasteiger partial charge in [-0.25, -0.2) is 9.97 Å². The summed E-state index contributed by atoms with van der Waals surface area (Å²) in [4.78, 5) is 26.3. The fourth-order valence-electron chi connectivity index (χ4n) is 3.68. The van der Waals surface area contributed by atoms with Gasteiger partial charge in [0.1, 0.15) is 16.2 Å². The third-order valence-corrected chi connectivity index (χ3v) is 7.41. The first-order valence-corrected chi connectivity index (χ1v) is 10.9. The number of thioether (sulfide) groups is 1. The van der Waals surface area contributed by atoms with Crippen molar-refractivity contribution in [3.63, 3.8) is 0 Å². The lowest BCUT2D eigenvalue weighted by atomic mass is 9.94. The number of fused-ring (bicyclic) bond motifs is 1. The summed E-state index contributed by atoms with van der Waals surface area (Å²) in [6.45, 7) is 9.14. The lowest BCUT2D eigenvalue weighted by molar-refractivity contribution is -0.133. The van der Waals surface area contributed by atoms with E-state index in [1.165, 1.54) is 29.7 Å². The van der Waals surface area contributed by atoms with Crippen LogP contribution < -0.4 is 0 Å². The number of carbonyl (C=O) groups is 1. The highest BCUT2D eigenvalue weighted by Gasteiger charge is 2.28. The number of rotatable bonds is 5. The fraction of sp³-hybridized carbons (Fsp3) is 0.632. The van der Waals surface area contributed by atoms with Gasteiger partial charge in [-0.3, -0.25) is 4.79 Å². The first-order valence-electron chi connectivity index (χ1n) is 9.20. The van der Waals surface area contributed by atoms with Crippen molar-refractivity contribution in [1.29, 1.82) is 0 Å². The molecule has 1 amide bonds. The molecule has 0 bridgehead atoms. The molecule has 25 heavy (non-hydrogen) atoms. The summed E-state index contributed by atoms with van der Waals surface area (Å²) in [6, 6.07) is 0.421. The molecule has 1 aliphatic carbocycles. The van der Waals surface area contributed by atoms with Crippen molar-refractivity contribution >= 4 is 39.2 Å². The van der Waals surface area contributed by atoms with E-state index in [-0.39, 0.29) is 11.2 Å². The summed E-state index contributed by atoms with van der Waals surface area (Å²) in [5.41, 5.74) is 1.24. The Morgan fingerprint density at radius 3 is 2.72 bits per heavy atom. The number of amides is 1. The molecule has 1 aliphatic rings. The van der Waals surface area contributed by atoms with Crippen LogP contribution in [0.2, 0.25) is 0 Å². The highest BCUT2D eigenvalue weighted by molar-refractivity contribution is 8.00. The molecule has 0 unspecified atom stereocenters. The molecule has 0 saturated heterocycles. The summed E-state index contributed by atoms with van der Waals surface area (Å²) in [7, 11) is 0. The van der Waals surface area contributed by atoms with Crippen LogP contribution in [0.4, 0.5) is 0 Å². The lowest BCUT2D eigenvalue weighted by Gasteiger charge is -2.35. The monoisotopic (exact) mass is 377 g/mol. The van der Waals surface area contributed by atoms with Crippen molar-refractivity contribution in [2.75, 3.05) is 6.54 Å². The Labute approximate surface area is 158 Å². The fourth-order valence-corrected chi connectivity index (χ4v) is 5.79. The summed E-state index contributed by atoms with van der Waals surface area (Å²) in [5, 5.41) is 1.93. The number of carbonyl (C=O) groups excluding carboxylic acids is 1. The lowest BCUT2D eigenvalue weighted by Crippen LogP contribution is -2.44. The minimum atomic E-state index is -0.125. The Hall–Kier alpha value is -1.14. The van der Waals surface area contributed by atoms with E-state index in [0.717, 1.165) is 34.6 Å². The standard InChI is InChI=1S/C19H27N3OS2/c1-5-22(15-9-7-6-8-10-15)19(23)14(4)25-18-16-12(2)13(3)24-17(16)20-11-21-18/h11,14-15H,5-10H2,1-4H3/t14-/m0/s1. The first kappa shape index (κ1) is 18.6. The van der Waals surface area contributed by atoms with Crippen molar-refractivity contribution in [1.82, 2.24) is 14.9 Å². The molecule has 0 radical (unpaired) electrons. The molecular weight excluding hydrogens is 350 g/mol. The Kier molecular flexibility index (Phi) is 6.00. The van der Waals surface area contributed by atoms with Gasteiger partial charge in [0.05, 0.1) is 5.25 Å². The van der Waals surface area contributed by atoms with Crippen LogP contribution in [-0.2, 0) is 4.79 Å².